The topological polar surface area (TPSA) is 63.5 Å². The molecule has 1 amide bonds. The largest absolute Gasteiger partial charge is 0.472 e. The number of carbonyl (C=O) groups excluding carboxylic acids is 1. The maximum Gasteiger partial charge on any atom is 0.221 e. The summed E-state index contributed by atoms with van der Waals surface area (Å²) in [6.07, 6.45) is 3.79. The van der Waals surface area contributed by atoms with E-state index in [9.17, 15) is 4.79 Å². The van der Waals surface area contributed by atoms with E-state index in [4.69, 9.17) is 9.15 Å². The van der Waals surface area contributed by atoms with Gasteiger partial charge in [-0.3, -0.25) is 4.79 Å². The van der Waals surface area contributed by atoms with Gasteiger partial charge in [0.1, 0.15) is 0 Å². The Morgan fingerprint density at radius 1 is 1.50 bits per heavy atom. The predicted octanol–water partition coefficient (Wildman–Crippen LogP) is 0.522. The summed E-state index contributed by atoms with van der Waals surface area (Å²) in [7, 11) is 1.61. The number of hydrogen-bond donors (Lipinski definition) is 2. The van der Waals surface area contributed by atoms with Crippen LogP contribution in [0.4, 0.5) is 0 Å². The number of furan rings is 1. The third-order valence-corrected chi connectivity index (χ3v) is 2.07. The van der Waals surface area contributed by atoms with Crippen LogP contribution in [0.1, 0.15) is 12.0 Å². The number of methoxy groups -OCH3 is 1. The molecule has 0 fully saturated rings. The van der Waals surface area contributed by atoms with Crippen molar-refractivity contribution >= 4 is 5.91 Å². The molecule has 0 aliphatic rings. The zero-order valence-corrected chi connectivity index (χ0v) is 9.49. The van der Waals surface area contributed by atoms with E-state index in [-0.39, 0.29) is 5.91 Å². The molecule has 1 aromatic heterocycles. The van der Waals surface area contributed by atoms with E-state index in [0.29, 0.717) is 26.1 Å². The monoisotopic (exact) mass is 226 g/mol. The third kappa shape index (κ3) is 5.53. The van der Waals surface area contributed by atoms with E-state index >= 15 is 0 Å². The second kappa shape index (κ2) is 7.90. The molecule has 0 spiro atoms. The van der Waals surface area contributed by atoms with E-state index in [0.717, 1.165) is 12.1 Å². The molecule has 0 aliphatic heterocycles. The molecule has 5 heteroatoms. The van der Waals surface area contributed by atoms with E-state index < -0.39 is 0 Å². The smallest absolute Gasteiger partial charge is 0.221 e. The first-order chi connectivity index (χ1) is 7.83. The molecule has 0 aliphatic carbocycles. The van der Waals surface area contributed by atoms with Crippen LogP contribution in [0, 0.1) is 0 Å². The molecule has 0 saturated heterocycles. The summed E-state index contributed by atoms with van der Waals surface area (Å²) in [4.78, 5) is 11.3. The Morgan fingerprint density at radius 3 is 3.06 bits per heavy atom. The highest BCUT2D eigenvalue weighted by Gasteiger charge is 1.99. The van der Waals surface area contributed by atoms with Crippen molar-refractivity contribution < 1.29 is 13.9 Å². The summed E-state index contributed by atoms with van der Waals surface area (Å²) in [5, 5.41) is 5.91. The molecular formula is C11H18N2O3. The standard InChI is InChI=1S/C11H18N2O3/c1-15-7-5-13-11(14)2-4-12-8-10-3-6-16-9-10/h3,6,9,12H,2,4-5,7-8H2,1H3,(H,13,14). The number of carbonyl (C=O) groups is 1. The molecule has 0 atom stereocenters. The third-order valence-electron chi connectivity index (χ3n) is 2.07. The van der Waals surface area contributed by atoms with Crippen molar-refractivity contribution in [2.45, 2.75) is 13.0 Å². The summed E-state index contributed by atoms with van der Waals surface area (Å²) in [5.74, 6) is 0.0387. The number of rotatable bonds is 8. The zero-order chi connectivity index (χ0) is 11.6. The minimum absolute atomic E-state index is 0.0387. The second-order valence-corrected chi connectivity index (χ2v) is 3.40. The maximum absolute atomic E-state index is 11.3. The van der Waals surface area contributed by atoms with Gasteiger partial charge in [0.15, 0.2) is 0 Å². The summed E-state index contributed by atoms with van der Waals surface area (Å²) < 4.78 is 9.75. The molecule has 16 heavy (non-hydrogen) atoms. The normalized spacial score (nSPS) is 10.3. The highest BCUT2D eigenvalue weighted by atomic mass is 16.5. The summed E-state index contributed by atoms with van der Waals surface area (Å²) in [5.41, 5.74) is 1.08. The molecule has 5 nitrogen and oxygen atoms in total. The molecule has 90 valence electrons. The first-order valence-electron chi connectivity index (χ1n) is 5.30. The van der Waals surface area contributed by atoms with Crippen molar-refractivity contribution in [2.24, 2.45) is 0 Å². The molecule has 0 radical (unpaired) electrons. The van der Waals surface area contributed by atoms with Gasteiger partial charge in [0, 0.05) is 38.7 Å². The number of ether oxygens (including phenoxy) is 1. The van der Waals surface area contributed by atoms with Gasteiger partial charge >= 0.3 is 0 Å². The Morgan fingerprint density at radius 2 is 2.38 bits per heavy atom. The average molecular weight is 226 g/mol. The zero-order valence-electron chi connectivity index (χ0n) is 9.49. The van der Waals surface area contributed by atoms with Gasteiger partial charge in [-0.25, -0.2) is 0 Å². The molecule has 0 aromatic carbocycles. The summed E-state index contributed by atoms with van der Waals surface area (Å²) in [6.45, 7) is 2.50. The highest BCUT2D eigenvalue weighted by molar-refractivity contribution is 5.75. The lowest BCUT2D eigenvalue weighted by molar-refractivity contribution is -0.121. The fraction of sp³-hybridized carbons (Fsp3) is 0.545. The Balaban J connectivity index is 1.96. The van der Waals surface area contributed by atoms with E-state index in [1.807, 2.05) is 6.07 Å². The van der Waals surface area contributed by atoms with Crippen molar-refractivity contribution in [3.8, 4) is 0 Å². The SMILES string of the molecule is COCCNC(=O)CCNCc1ccoc1. The van der Waals surface area contributed by atoms with Gasteiger partial charge in [-0.1, -0.05) is 0 Å². The predicted molar refractivity (Wildman–Crippen MR) is 59.9 cm³/mol. The molecule has 1 heterocycles. The van der Waals surface area contributed by atoms with Gasteiger partial charge in [-0.15, -0.1) is 0 Å². The lowest BCUT2D eigenvalue weighted by atomic mass is 10.3. The maximum atomic E-state index is 11.3. The van der Waals surface area contributed by atoms with Gasteiger partial charge in [0.05, 0.1) is 19.1 Å². The van der Waals surface area contributed by atoms with Crippen molar-refractivity contribution in [1.29, 1.82) is 0 Å². The van der Waals surface area contributed by atoms with E-state index in [2.05, 4.69) is 10.6 Å². The van der Waals surface area contributed by atoms with Crippen LogP contribution in [0.3, 0.4) is 0 Å². The summed E-state index contributed by atoms with van der Waals surface area (Å²) in [6, 6.07) is 1.89. The van der Waals surface area contributed by atoms with Crippen LogP contribution in [0.15, 0.2) is 23.0 Å². The lowest BCUT2D eigenvalue weighted by Crippen LogP contribution is -2.29. The molecule has 1 aromatic rings. The quantitative estimate of drug-likeness (QED) is 0.634. The molecule has 0 unspecified atom stereocenters. The molecule has 2 N–H and O–H groups in total. The molecular weight excluding hydrogens is 208 g/mol. The van der Waals surface area contributed by atoms with Crippen LogP contribution in [0.2, 0.25) is 0 Å². The fourth-order valence-corrected chi connectivity index (χ4v) is 1.21. The first-order valence-corrected chi connectivity index (χ1v) is 5.30. The van der Waals surface area contributed by atoms with E-state index in [1.165, 1.54) is 0 Å². The average Bonchev–Trinajstić information content (AvgIpc) is 2.78. The van der Waals surface area contributed by atoms with Crippen molar-refractivity contribution in [3.05, 3.63) is 24.2 Å². The van der Waals surface area contributed by atoms with Gasteiger partial charge in [-0.2, -0.15) is 0 Å². The van der Waals surface area contributed by atoms with Crippen molar-refractivity contribution in [3.63, 3.8) is 0 Å². The first kappa shape index (κ1) is 12.7. The Labute approximate surface area is 95.2 Å². The fourth-order valence-electron chi connectivity index (χ4n) is 1.21. The van der Waals surface area contributed by atoms with Gasteiger partial charge in [0.2, 0.25) is 5.91 Å². The highest BCUT2D eigenvalue weighted by Crippen LogP contribution is 1.98. The van der Waals surface area contributed by atoms with Crippen molar-refractivity contribution in [1.82, 2.24) is 10.6 Å². The van der Waals surface area contributed by atoms with Crippen molar-refractivity contribution in [2.75, 3.05) is 26.8 Å². The van der Waals surface area contributed by atoms with Crippen LogP contribution < -0.4 is 10.6 Å². The molecule has 1 rings (SSSR count). The van der Waals surface area contributed by atoms with Gasteiger partial charge < -0.3 is 19.8 Å². The second-order valence-electron chi connectivity index (χ2n) is 3.40. The Bertz CT molecular complexity index is 285. The number of hydrogen-bond acceptors (Lipinski definition) is 4. The minimum atomic E-state index is 0.0387. The van der Waals surface area contributed by atoms with Crippen LogP contribution >= 0.6 is 0 Å². The van der Waals surface area contributed by atoms with Gasteiger partial charge in [0.25, 0.3) is 0 Å². The Hall–Kier alpha value is -1.33. The van der Waals surface area contributed by atoms with Gasteiger partial charge in [-0.05, 0) is 6.07 Å². The Kier molecular flexibility index (Phi) is 6.29. The molecule has 0 bridgehead atoms. The van der Waals surface area contributed by atoms with Crippen LogP contribution in [0.5, 0.6) is 0 Å². The van der Waals surface area contributed by atoms with E-state index in [1.54, 1.807) is 19.6 Å². The summed E-state index contributed by atoms with van der Waals surface area (Å²) >= 11 is 0. The number of amides is 1. The minimum Gasteiger partial charge on any atom is -0.472 e. The number of nitrogens with one attached hydrogen (secondary N) is 2. The van der Waals surface area contributed by atoms with Crippen LogP contribution in [0.25, 0.3) is 0 Å². The van der Waals surface area contributed by atoms with Crippen LogP contribution in [-0.2, 0) is 16.1 Å². The lowest BCUT2D eigenvalue weighted by Gasteiger charge is -2.05. The van der Waals surface area contributed by atoms with Crippen LogP contribution in [-0.4, -0.2) is 32.7 Å². The molecule has 0 saturated carbocycles.